The Labute approximate surface area is 175 Å². The fourth-order valence-corrected chi connectivity index (χ4v) is 3.54. The van der Waals surface area contributed by atoms with Crippen LogP contribution in [0.2, 0.25) is 0 Å². The Bertz CT molecular complexity index is 1080. The predicted octanol–water partition coefficient (Wildman–Crippen LogP) is 7.95. The Morgan fingerprint density at radius 2 is 1.41 bits per heavy atom. The zero-order chi connectivity index (χ0) is 20.8. The normalized spacial score (nSPS) is 12.0. The lowest BCUT2D eigenvalue weighted by molar-refractivity contribution is 1.33. The SMILES string of the molecule is C=C(C)/C(C(=C)/C=C/c1ccccc1)=C(/c1ccccc1)c1cc(C)ccc1C. The highest BCUT2D eigenvalue weighted by molar-refractivity contribution is 5.89. The third-order valence-corrected chi connectivity index (χ3v) is 5.00. The molecule has 0 heterocycles. The Balaban J connectivity index is 2.22. The molecule has 3 aromatic rings. The van der Waals surface area contributed by atoms with Gasteiger partial charge < -0.3 is 0 Å². The van der Waals surface area contributed by atoms with Crippen LogP contribution in [0, 0.1) is 13.8 Å². The van der Waals surface area contributed by atoms with Gasteiger partial charge in [-0.1, -0.05) is 110 Å². The molecular weight excluding hydrogens is 348 g/mol. The predicted molar refractivity (Wildman–Crippen MR) is 128 cm³/mol. The molecule has 0 bridgehead atoms. The van der Waals surface area contributed by atoms with Crippen molar-refractivity contribution >= 4 is 11.6 Å². The van der Waals surface area contributed by atoms with Gasteiger partial charge in [0.25, 0.3) is 0 Å². The second-order valence-electron chi connectivity index (χ2n) is 7.48. The molecule has 0 saturated heterocycles. The second kappa shape index (κ2) is 9.21. The van der Waals surface area contributed by atoms with Gasteiger partial charge in [-0.15, -0.1) is 0 Å². The van der Waals surface area contributed by atoms with Crippen molar-refractivity contribution in [3.05, 3.63) is 143 Å². The first kappa shape index (κ1) is 20.4. The van der Waals surface area contributed by atoms with E-state index in [2.05, 4.69) is 107 Å². The van der Waals surface area contributed by atoms with Crippen molar-refractivity contribution in [2.24, 2.45) is 0 Å². The van der Waals surface area contributed by atoms with Crippen LogP contribution in [0.3, 0.4) is 0 Å². The summed E-state index contributed by atoms with van der Waals surface area (Å²) in [4.78, 5) is 0. The average molecular weight is 377 g/mol. The molecule has 0 aromatic heterocycles. The Morgan fingerprint density at radius 3 is 2.03 bits per heavy atom. The van der Waals surface area contributed by atoms with Crippen LogP contribution in [-0.2, 0) is 0 Å². The number of benzene rings is 3. The van der Waals surface area contributed by atoms with Gasteiger partial charge in [0.1, 0.15) is 0 Å². The van der Waals surface area contributed by atoms with Crippen molar-refractivity contribution in [2.75, 3.05) is 0 Å². The summed E-state index contributed by atoms with van der Waals surface area (Å²) in [6.07, 6.45) is 4.20. The summed E-state index contributed by atoms with van der Waals surface area (Å²) in [7, 11) is 0. The van der Waals surface area contributed by atoms with Gasteiger partial charge in [0.15, 0.2) is 0 Å². The smallest absolute Gasteiger partial charge is 0.00278 e. The topological polar surface area (TPSA) is 0 Å². The van der Waals surface area contributed by atoms with Crippen LogP contribution in [0.1, 0.15) is 34.7 Å². The maximum Gasteiger partial charge on any atom is -0.00278 e. The molecule has 0 radical (unpaired) electrons. The maximum absolute atomic E-state index is 4.41. The number of allylic oxidation sites excluding steroid dienone is 4. The highest BCUT2D eigenvalue weighted by Gasteiger charge is 2.16. The van der Waals surface area contributed by atoms with E-state index >= 15 is 0 Å². The van der Waals surface area contributed by atoms with Gasteiger partial charge in [-0.2, -0.15) is 0 Å². The van der Waals surface area contributed by atoms with Crippen LogP contribution in [0.15, 0.2) is 115 Å². The molecule has 0 fully saturated rings. The van der Waals surface area contributed by atoms with Crippen molar-refractivity contribution in [1.29, 1.82) is 0 Å². The zero-order valence-corrected chi connectivity index (χ0v) is 17.6. The van der Waals surface area contributed by atoms with E-state index in [1.54, 1.807) is 0 Å². The molecule has 3 rings (SSSR count). The van der Waals surface area contributed by atoms with E-state index in [1.165, 1.54) is 27.8 Å². The van der Waals surface area contributed by atoms with Gasteiger partial charge in [-0.3, -0.25) is 0 Å². The summed E-state index contributed by atoms with van der Waals surface area (Å²) < 4.78 is 0. The lowest BCUT2D eigenvalue weighted by Crippen LogP contribution is -2.00. The lowest BCUT2D eigenvalue weighted by Gasteiger charge is -2.19. The fraction of sp³-hybridized carbons (Fsp3) is 0.103. The molecule has 0 atom stereocenters. The van der Waals surface area contributed by atoms with E-state index < -0.39 is 0 Å². The summed E-state index contributed by atoms with van der Waals surface area (Å²) in [5, 5.41) is 0. The molecule has 0 amide bonds. The number of hydrogen-bond acceptors (Lipinski definition) is 0. The number of rotatable bonds is 6. The van der Waals surface area contributed by atoms with Gasteiger partial charge in [0, 0.05) is 0 Å². The van der Waals surface area contributed by atoms with Crippen molar-refractivity contribution in [3.8, 4) is 0 Å². The van der Waals surface area contributed by atoms with E-state index in [0.717, 1.165) is 22.3 Å². The van der Waals surface area contributed by atoms with E-state index in [0.29, 0.717) is 0 Å². The second-order valence-corrected chi connectivity index (χ2v) is 7.48. The molecule has 0 spiro atoms. The van der Waals surface area contributed by atoms with Crippen LogP contribution in [-0.4, -0.2) is 0 Å². The van der Waals surface area contributed by atoms with E-state index in [-0.39, 0.29) is 0 Å². The van der Waals surface area contributed by atoms with Gasteiger partial charge in [-0.05, 0) is 65.3 Å². The molecule has 0 N–H and O–H groups in total. The first-order valence-corrected chi connectivity index (χ1v) is 9.93. The molecule has 29 heavy (non-hydrogen) atoms. The van der Waals surface area contributed by atoms with Crippen LogP contribution in [0.5, 0.6) is 0 Å². The van der Waals surface area contributed by atoms with Crippen molar-refractivity contribution in [2.45, 2.75) is 20.8 Å². The minimum absolute atomic E-state index is 0.959. The molecular formula is C29H28. The van der Waals surface area contributed by atoms with Crippen LogP contribution in [0.25, 0.3) is 11.6 Å². The van der Waals surface area contributed by atoms with Gasteiger partial charge in [-0.25, -0.2) is 0 Å². The lowest BCUT2D eigenvalue weighted by atomic mass is 9.84. The first-order valence-electron chi connectivity index (χ1n) is 9.93. The van der Waals surface area contributed by atoms with Crippen molar-refractivity contribution in [1.82, 2.24) is 0 Å². The molecule has 0 aliphatic rings. The van der Waals surface area contributed by atoms with E-state index in [9.17, 15) is 0 Å². The molecule has 0 aliphatic heterocycles. The van der Waals surface area contributed by atoms with Gasteiger partial charge in [0.05, 0.1) is 0 Å². The molecule has 0 nitrogen and oxygen atoms in total. The average Bonchev–Trinajstić information content (AvgIpc) is 2.73. The summed E-state index contributed by atoms with van der Waals surface area (Å²) in [5.41, 5.74) is 10.3. The number of hydrogen-bond donors (Lipinski definition) is 0. The van der Waals surface area contributed by atoms with E-state index in [4.69, 9.17) is 0 Å². The minimum atomic E-state index is 0.959. The molecule has 0 heteroatoms. The Kier molecular flexibility index (Phi) is 6.46. The third kappa shape index (κ3) is 4.92. The standard InChI is InChI=1S/C29H28/c1-21(2)28(24(5)18-19-25-12-8-6-9-13-25)29(26-14-10-7-11-15-26)27-20-22(3)16-17-23(27)4/h6-20H,1,5H2,2-4H3/b19-18+,29-28+. The zero-order valence-electron chi connectivity index (χ0n) is 17.6. The first-order chi connectivity index (χ1) is 14.0. The Morgan fingerprint density at radius 1 is 0.793 bits per heavy atom. The third-order valence-electron chi connectivity index (χ3n) is 5.00. The maximum atomic E-state index is 4.41. The summed E-state index contributed by atoms with van der Waals surface area (Å²) in [6.45, 7) is 15.1. The van der Waals surface area contributed by atoms with Crippen molar-refractivity contribution in [3.63, 3.8) is 0 Å². The summed E-state index contributed by atoms with van der Waals surface area (Å²) >= 11 is 0. The highest BCUT2D eigenvalue weighted by atomic mass is 14.2. The fourth-order valence-electron chi connectivity index (χ4n) is 3.54. The van der Waals surface area contributed by atoms with E-state index in [1.807, 2.05) is 18.2 Å². The van der Waals surface area contributed by atoms with Crippen LogP contribution >= 0.6 is 0 Å². The largest absolute Gasteiger partial charge is 0.0955 e. The van der Waals surface area contributed by atoms with Crippen molar-refractivity contribution < 1.29 is 0 Å². The summed E-state index contributed by atoms with van der Waals surface area (Å²) in [5.74, 6) is 0. The highest BCUT2D eigenvalue weighted by Crippen LogP contribution is 2.36. The summed E-state index contributed by atoms with van der Waals surface area (Å²) in [6, 6.07) is 27.4. The molecule has 0 saturated carbocycles. The Hall–Kier alpha value is -3.38. The number of aryl methyl sites for hydroxylation is 2. The van der Waals surface area contributed by atoms with Gasteiger partial charge in [0.2, 0.25) is 0 Å². The minimum Gasteiger partial charge on any atom is -0.0955 e. The van der Waals surface area contributed by atoms with Crippen LogP contribution in [0.4, 0.5) is 0 Å². The molecule has 3 aromatic carbocycles. The van der Waals surface area contributed by atoms with Gasteiger partial charge >= 0.3 is 0 Å². The molecule has 0 unspecified atom stereocenters. The van der Waals surface area contributed by atoms with Crippen LogP contribution < -0.4 is 0 Å². The monoisotopic (exact) mass is 376 g/mol. The molecule has 144 valence electrons. The molecule has 0 aliphatic carbocycles. The quantitative estimate of drug-likeness (QED) is 0.383.